The van der Waals surface area contributed by atoms with Gasteiger partial charge in [0.1, 0.15) is 0 Å². The van der Waals surface area contributed by atoms with E-state index < -0.39 is 0 Å². The van der Waals surface area contributed by atoms with Crippen LogP contribution in [-0.2, 0) is 13.1 Å². The first kappa shape index (κ1) is 18.1. The Morgan fingerprint density at radius 2 is 1.84 bits per heavy atom. The van der Waals surface area contributed by atoms with Crippen molar-refractivity contribution in [3.05, 3.63) is 65.0 Å². The van der Waals surface area contributed by atoms with Gasteiger partial charge in [0.25, 0.3) is 0 Å². The maximum Gasteiger partial charge on any atom is 0.0547 e. The smallest absolute Gasteiger partial charge is 0.0547 e. The summed E-state index contributed by atoms with van der Waals surface area (Å²) in [5, 5.41) is 9.49. The van der Waals surface area contributed by atoms with E-state index in [9.17, 15) is 5.11 Å². The normalized spacial score (nSPS) is 19.2. The Bertz CT molecular complexity index is 671. The van der Waals surface area contributed by atoms with E-state index in [0.29, 0.717) is 6.04 Å². The third-order valence-corrected chi connectivity index (χ3v) is 4.99. The van der Waals surface area contributed by atoms with Gasteiger partial charge >= 0.3 is 0 Å². The monoisotopic (exact) mass is 339 g/mol. The van der Waals surface area contributed by atoms with E-state index in [1.165, 1.54) is 11.1 Å². The Labute approximate surface area is 151 Å². The van der Waals surface area contributed by atoms with Crippen molar-refractivity contribution in [3.8, 4) is 0 Å². The molecular formula is C21H29N3O. The first-order valence-corrected chi connectivity index (χ1v) is 9.19. The molecule has 0 radical (unpaired) electrons. The quantitative estimate of drug-likeness (QED) is 0.878. The standard InChI is InChI=1S/C21H29N3O/c1-17-6-8-19(9-7-17)14-24-12-11-23(16-21(24)10-13-25)15-20-5-3-4-18(2)22-20/h3-9,21,25H,10-16H2,1-2H3/t21-/m0/s1. The second kappa shape index (κ2) is 8.56. The summed E-state index contributed by atoms with van der Waals surface area (Å²) in [7, 11) is 0. The Kier molecular flexibility index (Phi) is 6.19. The molecule has 0 amide bonds. The molecule has 1 atom stereocenters. The number of rotatable bonds is 6. The molecule has 4 heteroatoms. The molecule has 3 rings (SSSR count). The molecule has 1 aromatic heterocycles. The molecule has 2 heterocycles. The van der Waals surface area contributed by atoms with Gasteiger partial charge in [0.2, 0.25) is 0 Å². The van der Waals surface area contributed by atoms with Crippen LogP contribution in [0.5, 0.6) is 0 Å². The molecule has 0 saturated carbocycles. The fourth-order valence-corrected chi connectivity index (χ4v) is 3.58. The van der Waals surface area contributed by atoms with Gasteiger partial charge in [0, 0.05) is 51.1 Å². The van der Waals surface area contributed by atoms with Crippen LogP contribution in [0.4, 0.5) is 0 Å². The number of piperazine rings is 1. The third-order valence-electron chi connectivity index (χ3n) is 4.99. The third kappa shape index (κ3) is 5.11. The number of nitrogens with zero attached hydrogens (tertiary/aromatic N) is 3. The lowest BCUT2D eigenvalue weighted by Gasteiger charge is -2.41. The lowest BCUT2D eigenvalue weighted by molar-refractivity contribution is 0.0494. The van der Waals surface area contributed by atoms with Gasteiger partial charge in [-0.2, -0.15) is 0 Å². The van der Waals surface area contributed by atoms with Gasteiger partial charge in [-0.3, -0.25) is 14.8 Å². The van der Waals surface area contributed by atoms with Gasteiger partial charge in [0.05, 0.1) is 5.69 Å². The van der Waals surface area contributed by atoms with Crippen molar-refractivity contribution in [2.45, 2.75) is 39.4 Å². The predicted molar refractivity (Wildman–Crippen MR) is 101 cm³/mol. The summed E-state index contributed by atoms with van der Waals surface area (Å²) < 4.78 is 0. The minimum Gasteiger partial charge on any atom is -0.396 e. The zero-order valence-corrected chi connectivity index (χ0v) is 15.4. The van der Waals surface area contributed by atoms with Gasteiger partial charge in [-0.1, -0.05) is 35.9 Å². The average Bonchev–Trinajstić information content (AvgIpc) is 2.59. The van der Waals surface area contributed by atoms with Crippen LogP contribution >= 0.6 is 0 Å². The van der Waals surface area contributed by atoms with Crippen LogP contribution in [0.3, 0.4) is 0 Å². The zero-order chi connectivity index (χ0) is 17.6. The van der Waals surface area contributed by atoms with E-state index >= 15 is 0 Å². The lowest BCUT2D eigenvalue weighted by atomic mass is 10.1. The molecule has 1 aromatic carbocycles. The van der Waals surface area contributed by atoms with Gasteiger partial charge in [-0.25, -0.2) is 0 Å². The number of hydrogen-bond donors (Lipinski definition) is 1. The van der Waals surface area contributed by atoms with Crippen molar-refractivity contribution in [3.63, 3.8) is 0 Å². The lowest BCUT2D eigenvalue weighted by Crippen LogP contribution is -2.52. The van der Waals surface area contributed by atoms with Gasteiger partial charge in [-0.05, 0) is 38.0 Å². The summed E-state index contributed by atoms with van der Waals surface area (Å²) in [4.78, 5) is 9.61. The Morgan fingerprint density at radius 3 is 2.56 bits per heavy atom. The minimum atomic E-state index is 0.242. The first-order valence-electron chi connectivity index (χ1n) is 9.19. The molecule has 0 aliphatic carbocycles. The number of benzene rings is 1. The van der Waals surface area contributed by atoms with Gasteiger partial charge in [-0.15, -0.1) is 0 Å². The van der Waals surface area contributed by atoms with Gasteiger partial charge in [0.15, 0.2) is 0 Å². The highest BCUT2D eigenvalue weighted by Gasteiger charge is 2.26. The summed E-state index contributed by atoms with van der Waals surface area (Å²) in [6.45, 7) is 9.32. The number of aliphatic hydroxyl groups is 1. The van der Waals surface area contributed by atoms with Gasteiger partial charge < -0.3 is 5.11 Å². The number of aryl methyl sites for hydroxylation is 2. The molecule has 1 N–H and O–H groups in total. The van der Waals surface area contributed by atoms with Crippen molar-refractivity contribution < 1.29 is 5.11 Å². The second-order valence-corrected chi connectivity index (χ2v) is 7.13. The molecule has 1 saturated heterocycles. The van der Waals surface area contributed by atoms with E-state index in [1.807, 2.05) is 13.0 Å². The molecule has 0 bridgehead atoms. The van der Waals surface area contributed by atoms with Crippen molar-refractivity contribution in [2.24, 2.45) is 0 Å². The molecular weight excluding hydrogens is 310 g/mol. The fraction of sp³-hybridized carbons (Fsp3) is 0.476. The highest BCUT2D eigenvalue weighted by Crippen LogP contribution is 2.18. The van der Waals surface area contributed by atoms with Crippen LogP contribution < -0.4 is 0 Å². The molecule has 4 nitrogen and oxygen atoms in total. The summed E-state index contributed by atoms with van der Waals surface area (Å²) in [5.41, 5.74) is 4.85. The van der Waals surface area contributed by atoms with E-state index in [1.54, 1.807) is 0 Å². The van der Waals surface area contributed by atoms with Crippen molar-refractivity contribution in [1.82, 2.24) is 14.8 Å². The van der Waals surface area contributed by atoms with E-state index in [0.717, 1.165) is 50.5 Å². The second-order valence-electron chi connectivity index (χ2n) is 7.13. The van der Waals surface area contributed by atoms with Crippen LogP contribution in [-0.4, -0.2) is 52.2 Å². The van der Waals surface area contributed by atoms with Crippen molar-refractivity contribution >= 4 is 0 Å². The van der Waals surface area contributed by atoms with Crippen LogP contribution in [0.15, 0.2) is 42.5 Å². The maximum absolute atomic E-state index is 9.49. The minimum absolute atomic E-state index is 0.242. The summed E-state index contributed by atoms with van der Waals surface area (Å²) >= 11 is 0. The summed E-state index contributed by atoms with van der Waals surface area (Å²) in [6, 6.07) is 15.4. The molecule has 0 unspecified atom stereocenters. The van der Waals surface area contributed by atoms with Crippen molar-refractivity contribution in [2.75, 3.05) is 26.2 Å². The average molecular weight is 339 g/mol. The van der Waals surface area contributed by atoms with Crippen LogP contribution in [0.25, 0.3) is 0 Å². The topological polar surface area (TPSA) is 39.6 Å². The highest BCUT2D eigenvalue weighted by atomic mass is 16.3. The molecule has 1 aliphatic rings. The maximum atomic E-state index is 9.49. The van der Waals surface area contributed by atoms with E-state index in [-0.39, 0.29) is 6.61 Å². The molecule has 0 spiro atoms. The predicted octanol–water partition coefficient (Wildman–Crippen LogP) is 2.77. The number of aliphatic hydroxyl groups excluding tert-OH is 1. The molecule has 1 fully saturated rings. The Hall–Kier alpha value is -1.75. The molecule has 25 heavy (non-hydrogen) atoms. The van der Waals surface area contributed by atoms with E-state index in [2.05, 4.69) is 58.1 Å². The van der Waals surface area contributed by atoms with Crippen LogP contribution in [0, 0.1) is 13.8 Å². The Balaban J connectivity index is 1.62. The number of pyridine rings is 1. The van der Waals surface area contributed by atoms with E-state index in [4.69, 9.17) is 0 Å². The number of hydrogen-bond acceptors (Lipinski definition) is 4. The van der Waals surface area contributed by atoms with Crippen molar-refractivity contribution in [1.29, 1.82) is 0 Å². The molecule has 1 aliphatic heterocycles. The molecule has 134 valence electrons. The number of aromatic nitrogens is 1. The summed E-state index contributed by atoms with van der Waals surface area (Å²) in [6.07, 6.45) is 0.823. The highest BCUT2D eigenvalue weighted by molar-refractivity contribution is 5.21. The SMILES string of the molecule is Cc1ccc(CN2CCN(Cc3cccc(C)n3)C[C@@H]2CCO)cc1. The summed E-state index contributed by atoms with van der Waals surface area (Å²) in [5.74, 6) is 0. The fourth-order valence-electron chi connectivity index (χ4n) is 3.58. The van der Waals surface area contributed by atoms with Crippen LogP contribution in [0.1, 0.15) is 28.9 Å². The Morgan fingerprint density at radius 1 is 1.04 bits per heavy atom. The van der Waals surface area contributed by atoms with Crippen LogP contribution in [0.2, 0.25) is 0 Å². The largest absolute Gasteiger partial charge is 0.396 e. The zero-order valence-electron chi connectivity index (χ0n) is 15.4. The first-order chi connectivity index (χ1) is 12.1. The molecule has 2 aromatic rings.